The van der Waals surface area contributed by atoms with Crippen molar-refractivity contribution in [3.05, 3.63) is 0 Å². The smallest absolute Gasteiger partial charge is 0.323 e. The number of nitrogens with zero attached hydrogens (tertiary/aromatic N) is 1. The monoisotopic (exact) mass is 227 g/mol. The zero-order valence-corrected chi connectivity index (χ0v) is 10.1. The van der Waals surface area contributed by atoms with Crippen molar-refractivity contribution >= 4 is 11.9 Å². The van der Waals surface area contributed by atoms with E-state index in [2.05, 4.69) is 13.8 Å². The van der Waals surface area contributed by atoms with Gasteiger partial charge in [0, 0.05) is 12.5 Å². The molecule has 2 unspecified atom stereocenters. The average molecular weight is 227 g/mol. The van der Waals surface area contributed by atoms with Gasteiger partial charge >= 0.3 is 5.97 Å². The summed E-state index contributed by atoms with van der Waals surface area (Å²) in [6, 6.07) is 0. The standard InChI is InChI=1S/C12H21NO3/c1-3-9(2)10-6-4-5-7-13(12(10)16)8-11(14)15/h9-10H,3-8H2,1-2H3,(H,14,15). The number of rotatable bonds is 4. The van der Waals surface area contributed by atoms with E-state index >= 15 is 0 Å². The minimum absolute atomic E-state index is 0.0202. The van der Waals surface area contributed by atoms with E-state index in [1.54, 1.807) is 0 Å². The molecule has 1 amide bonds. The fraction of sp³-hybridized carbons (Fsp3) is 0.833. The van der Waals surface area contributed by atoms with Gasteiger partial charge in [0.1, 0.15) is 6.54 Å². The van der Waals surface area contributed by atoms with E-state index in [1.807, 2.05) is 0 Å². The molecule has 1 heterocycles. The summed E-state index contributed by atoms with van der Waals surface area (Å²) in [4.78, 5) is 24.3. The molecule has 1 aliphatic rings. The summed E-state index contributed by atoms with van der Waals surface area (Å²) in [6.45, 7) is 4.60. The third-order valence-electron chi connectivity index (χ3n) is 3.48. The highest BCUT2D eigenvalue weighted by molar-refractivity contribution is 5.83. The highest BCUT2D eigenvalue weighted by Gasteiger charge is 2.30. The van der Waals surface area contributed by atoms with E-state index in [0.717, 1.165) is 25.7 Å². The lowest BCUT2D eigenvalue weighted by Gasteiger charge is -2.25. The molecule has 2 atom stereocenters. The molecule has 0 spiro atoms. The third kappa shape index (κ3) is 3.22. The van der Waals surface area contributed by atoms with E-state index < -0.39 is 5.97 Å². The first kappa shape index (κ1) is 13.0. The quantitative estimate of drug-likeness (QED) is 0.796. The molecule has 0 bridgehead atoms. The van der Waals surface area contributed by atoms with E-state index in [1.165, 1.54) is 4.90 Å². The molecule has 4 nitrogen and oxygen atoms in total. The van der Waals surface area contributed by atoms with Gasteiger partial charge in [0.2, 0.25) is 5.91 Å². The molecule has 4 heteroatoms. The zero-order valence-electron chi connectivity index (χ0n) is 10.1. The molecule has 0 aromatic heterocycles. The topological polar surface area (TPSA) is 57.6 Å². The van der Waals surface area contributed by atoms with Crippen LogP contribution in [0, 0.1) is 11.8 Å². The van der Waals surface area contributed by atoms with E-state index in [-0.39, 0.29) is 18.4 Å². The first-order valence-electron chi connectivity index (χ1n) is 6.06. The molecule has 0 saturated carbocycles. The Balaban J connectivity index is 2.71. The van der Waals surface area contributed by atoms with Crippen molar-refractivity contribution in [2.75, 3.05) is 13.1 Å². The van der Waals surface area contributed by atoms with E-state index in [0.29, 0.717) is 12.5 Å². The summed E-state index contributed by atoms with van der Waals surface area (Å²) in [7, 11) is 0. The SMILES string of the molecule is CCC(C)C1CCCCN(CC(=O)O)C1=O. The lowest BCUT2D eigenvalue weighted by atomic mass is 9.87. The van der Waals surface area contributed by atoms with E-state index in [9.17, 15) is 9.59 Å². The van der Waals surface area contributed by atoms with Crippen molar-refractivity contribution < 1.29 is 14.7 Å². The number of aliphatic carboxylic acids is 1. The molecule has 1 rings (SSSR count). The van der Waals surface area contributed by atoms with Crippen molar-refractivity contribution in [3.63, 3.8) is 0 Å². The van der Waals surface area contributed by atoms with Crippen LogP contribution in [0.15, 0.2) is 0 Å². The molecule has 0 aromatic rings. The molecule has 1 saturated heterocycles. The summed E-state index contributed by atoms with van der Waals surface area (Å²) in [5.41, 5.74) is 0. The molecular formula is C12H21NO3. The number of hydrogen-bond acceptors (Lipinski definition) is 2. The van der Waals surface area contributed by atoms with Crippen LogP contribution >= 0.6 is 0 Å². The summed E-state index contributed by atoms with van der Waals surface area (Å²) in [5.74, 6) is -0.513. The van der Waals surface area contributed by atoms with Crippen molar-refractivity contribution in [1.29, 1.82) is 0 Å². The van der Waals surface area contributed by atoms with Crippen LogP contribution in [0.5, 0.6) is 0 Å². The Morgan fingerprint density at radius 2 is 2.25 bits per heavy atom. The second-order valence-corrected chi connectivity index (χ2v) is 4.64. The van der Waals surface area contributed by atoms with Gasteiger partial charge in [0.25, 0.3) is 0 Å². The maximum atomic E-state index is 12.1. The second-order valence-electron chi connectivity index (χ2n) is 4.64. The predicted octanol–water partition coefficient (Wildman–Crippen LogP) is 1.75. The lowest BCUT2D eigenvalue weighted by molar-refractivity contribution is -0.146. The van der Waals surface area contributed by atoms with Gasteiger partial charge in [-0.15, -0.1) is 0 Å². The Hall–Kier alpha value is -1.06. The van der Waals surface area contributed by atoms with Crippen LogP contribution in [0.25, 0.3) is 0 Å². The normalized spacial score (nSPS) is 24.0. The maximum absolute atomic E-state index is 12.1. The molecule has 0 aliphatic carbocycles. The molecule has 1 fully saturated rings. The lowest BCUT2D eigenvalue weighted by Crippen LogP contribution is -2.40. The largest absolute Gasteiger partial charge is 0.480 e. The highest BCUT2D eigenvalue weighted by atomic mass is 16.4. The van der Waals surface area contributed by atoms with Crippen LogP contribution in [0.4, 0.5) is 0 Å². The molecule has 1 N–H and O–H groups in total. The summed E-state index contributed by atoms with van der Waals surface area (Å²) in [5, 5.41) is 8.76. The van der Waals surface area contributed by atoms with Gasteiger partial charge in [0.15, 0.2) is 0 Å². The summed E-state index contributed by atoms with van der Waals surface area (Å²) in [6.07, 6.45) is 3.82. The first-order valence-corrected chi connectivity index (χ1v) is 6.06. The number of carboxylic acid groups (broad SMARTS) is 1. The minimum Gasteiger partial charge on any atom is -0.480 e. The van der Waals surface area contributed by atoms with Crippen LogP contribution in [-0.2, 0) is 9.59 Å². The maximum Gasteiger partial charge on any atom is 0.323 e. The number of carbonyl (C=O) groups excluding carboxylic acids is 1. The van der Waals surface area contributed by atoms with Crippen LogP contribution in [-0.4, -0.2) is 35.0 Å². The Bertz CT molecular complexity index is 265. The van der Waals surface area contributed by atoms with Gasteiger partial charge in [-0.05, 0) is 18.8 Å². The van der Waals surface area contributed by atoms with Gasteiger partial charge in [-0.1, -0.05) is 26.7 Å². The Kier molecular flexibility index (Phi) is 4.77. The zero-order chi connectivity index (χ0) is 12.1. The first-order chi connectivity index (χ1) is 7.56. The summed E-state index contributed by atoms with van der Waals surface area (Å²) >= 11 is 0. The number of carbonyl (C=O) groups is 2. The third-order valence-corrected chi connectivity index (χ3v) is 3.48. The van der Waals surface area contributed by atoms with Crippen LogP contribution < -0.4 is 0 Å². The van der Waals surface area contributed by atoms with Gasteiger partial charge in [-0.3, -0.25) is 9.59 Å². The Morgan fingerprint density at radius 3 is 2.81 bits per heavy atom. The molecule has 16 heavy (non-hydrogen) atoms. The van der Waals surface area contributed by atoms with Crippen LogP contribution in [0.3, 0.4) is 0 Å². The Labute approximate surface area is 96.6 Å². The molecule has 0 aromatic carbocycles. The van der Waals surface area contributed by atoms with Crippen molar-refractivity contribution in [3.8, 4) is 0 Å². The number of carboxylic acids is 1. The van der Waals surface area contributed by atoms with Gasteiger partial charge in [-0.25, -0.2) is 0 Å². The minimum atomic E-state index is -0.918. The van der Waals surface area contributed by atoms with E-state index in [4.69, 9.17) is 5.11 Å². The molecule has 92 valence electrons. The molecular weight excluding hydrogens is 206 g/mol. The number of likely N-dealkylation sites (tertiary alicyclic amines) is 1. The highest BCUT2D eigenvalue weighted by Crippen LogP contribution is 2.26. The van der Waals surface area contributed by atoms with Gasteiger partial charge in [-0.2, -0.15) is 0 Å². The second kappa shape index (κ2) is 5.87. The Morgan fingerprint density at radius 1 is 1.56 bits per heavy atom. The molecule has 1 aliphatic heterocycles. The number of amides is 1. The van der Waals surface area contributed by atoms with Crippen molar-refractivity contribution in [2.24, 2.45) is 11.8 Å². The van der Waals surface area contributed by atoms with Crippen molar-refractivity contribution in [2.45, 2.75) is 39.5 Å². The van der Waals surface area contributed by atoms with Crippen LogP contribution in [0.1, 0.15) is 39.5 Å². The summed E-state index contributed by atoms with van der Waals surface area (Å²) < 4.78 is 0. The fourth-order valence-electron chi connectivity index (χ4n) is 2.27. The fourth-order valence-corrected chi connectivity index (χ4v) is 2.27. The average Bonchev–Trinajstić information content (AvgIpc) is 2.41. The number of hydrogen-bond donors (Lipinski definition) is 1. The van der Waals surface area contributed by atoms with Crippen molar-refractivity contribution in [1.82, 2.24) is 4.90 Å². The van der Waals surface area contributed by atoms with Crippen LogP contribution in [0.2, 0.25) is 0 Å². The van der Waals surface area contributed by atoms with Gasteiger partial charge < -0.3 is 10.0 Å². The molecule has 0 radical (unpaired) electrons. The van der Waals surface area contributed by atoms with Gasteiger partial charge in [0.05, 0.1) is 0 Å². The predicted molar refractivity (Wildman–Crippen MR) is 61.0 cm³/mol.